The molecule has 1 saturated heterocycles. The molecule has 3 amide bonds. The molecule has 0 saturated carbocycles. The van der Waals surface area contributed by atoms with Gasteiger partial charge in [-0.2, -0.15) is 0 Å². The summed E-state index contributed by atoms with van der Waals surface area (Å²) < 4.78 is 0. The minimum atomic E-state index is -0.0323. The topological polar surface area (TPSA) is 64.1 Å². The lowest BCUT2D eigenvalue weighted by molar-refractivity contribution is -0.139. The third-order valence-corrected chi connectivity index (χ3v) is 3.74. The minimum absolute atomic E-state index is 0.00646. The monoisotopic (exact) mass is 285 g/mol. The van der Waals surface area contributed by atoms with Crippen LogP contribution in [0.1, 0.15) is 26.7 Å². The van der Waals surface area contributed by atoms with Crippen molar-refractivity contribution < 1.29 is 14.7 Å². The molecule has 1 heterocycles. The first kappa shape index (κ1) is 16.8. The van der Waals surface area contributed by atoms with E-state index >= 15 is 0 Å². The van der Waals surface area contributed by atoms with E-state index in [2.05, 4.69) is 0 Å². The normalized spacial score (nSPS) is 16.4. The number of piperidine rings is 1. The van der Waals surface area contributed by atoms with Crippen molar-refractivity contribution in [2.24, 2.45) is 5.92 Å². The highest BCUT2D eigenvalue weighted by molar-refractivity contribution is 5.80. The van der Waals surface area contributed by atoms with E-state index < -0.39 is 0 Å². The van der Waals surface area contributed by atoms with Gasteiger partial charge in [-0.05, 0) is 26.7 Å². The smallest absolute Gasteiger partial charge is 0.319 e. The lowest BCUT2D eigenvalue weighted by Gasteiger charge is -2.36. The van der Waals surface area contributed by atoms with Crippen molar-refractivity contribution in [2.45, 2.75) is 32.7 Å². The van der Waals surface area contributed by atoms with E-state index in [9.17, 15) is 9.59 Å². The fourth-order valence-corrected chi connectivity index (χ4v) is 2.57. The molecule has 0 bridgehead atoms. The first-order valence-corrected chi connectivity index (χ1v) is 7.26. The number of urea groups is 1. The summed E-state index contributed by atoms with van der Waals surface area (Å²) in [5.74, 6) is 0.0705. The van der Waals surface area contributed by atoms with Crippen molar-refractivity contribution in [3.8, 4) is 0 Å². The van der Waals surface area contributed by atoms with Gasteiger partial charge in [0.2, 0.25) is 5.91 Å². The van der Waals surface area contributed by atoms with Gasteiger partial charge in [0.25, 0.3) is 0 Å². The molecule has 1 rings (SSSR count). The minimum Gasteiger partial charge on any atom is -0.395 e. The second-order valence-electron chi connectivity index (χ2n) is 5.79. The molecule has 6 nitrogen and oxygen atoms in total. The molecule has 0 aromatic carbocycles. The molecule has 0 spiro atoms. The fourth-order valence-electron chi connectivity index (χ4n) is 2.57. The highest BCUT2D eigenvalue weighted by Gasteiger charge is 2.31. The third-order valence-electron chi connectivity index (χ3n) is 3.74. The Balaban J connectivity index is 2.56. The van der Waals surface area contributed by atoms with E-state index in [-0.39, 0.29) is 30.5 Å². The molecular weight excluding hydrogens is 258 g/mol. The van der Waals surface area contributed by atoms with Crippen molar-refractivity contribution in [3.63, 3.8) is 0 Å². The molecule has 0 aromatic heterocycles. The van der Waals surface area contributed by atoms with Crippen LogP contribution < -0.4 is 0 Å². The number of carbonyl (C=O) groups excluding carboxylic acids is 2. The maximum atomic E-state index is 12.4. The van der Waals surface area contributed by atoms with Crippen LogP contribution in [-0.4, -0.2) is 78.1 Å². The van der Waals surface area contributed by atoms with Gasteiger partial charge in [0.15, 0.2) is 0 Å². The van der Waals surface area contributed by atoms with Crippen LogP contribution in [0.15, 0.2) is 0 Å². The Labute approximate surface area is 121 Å². The second-order valence-corrected chi connectivity index (χ2v) is 5.79. The summed E-state index contributed by atoms with van der Waals surface area (Å²) in [6, 6.07) is 0.100. The van der Waals surface area contributed by atoms with Crippen LogP contribution in [0.5, 0.6) is 0 Å². The van der Waals surface area contributed by atoms with Gasteiger partial charge in [0.1, 0.15) is 0 Å². The van der Waals surface area contributed by atoms with Gasteiger partial charge in [0, 0.05) is 45.7 Å². The van der Waals surface area contributed by atoms with E-state index in [0.717, 1.165) is 0 Å². The maximum Gasteiger partial charge on any atom is 0.319 e. The number of nitrogens with zero attached hydrogens (tertiary/aromatic N) is 3. The number of hydrogen-bond acceptors (Lipinski definition) is 3. The fraction of sp³-hybridized carbons (Fsp3) is 0.857. The maximum absolute atomic E-state index is 12.4. The van der Waals surface area contributed by atoms with Gasteiger partial charge in [-0.3, -0.25) is 4.79 Å². The van der Waals surface area contributed by atoms with Gasteiger partial charge in [0.05, 0.1) is 6.61 Å². The number of aliphatic hydroxyl groups is 1. The summed E-state index contributed by atoms with van der Waals surface area (Å²) in [7, 11) is 3.47. The Morgan fingerprint density at radius 1 is 1.25 bits per heavy atom. The lowest BCUT2D eigenvalue weighted by atomic mass is 9.95. The van der Waals surface area contributed by atoms with Gasteiger partial charge >= 0.3 is 6.03 Å². The van der Waals surface area contributed by atoms with Crippen molar-refractivity contribution >= 4 is 11.9 Å². The third kappa shape index (κ3) is 4.10. The summed E-state index contributed by atoms with van der Waals surface area (Å²) in [6.07, 6.45) is 1.40. The Hall–Kier alpha value is -1.30. The van der Waals surface area contributed by atoms with Crippen LogP contribution >= 0.6 is 0 Å². The van der Waals surface area contributed by atoms with E-state index in [1.807, 2.05) is 13.8 Å². The summed E-state index contributed by atoms with van der Waals surface area (Å²) in [5.41, 5.74) is 0. The molecule has 0 radical (unpaired) electrons. The first-order chi connectivity index (χ1) is 9.38. The molecule has 1 aliphatic rings. The molecule has 1 aliphatic heterocycles. The molecule has 20 heavy (non-hydrogen) atoms. The zero-order valence-corrected chi connectivity index (χ0v) is 13.0. The number of amides is 3. The van der Waals surface area contributed by atoms with Gasteiger partial charge in [-0.25, -0.2) is 4.79 Å². The van der Waals surface area contributed by atoms with Crippen molar-refractivity contribution in [2.75, 3.05) is 40.3 Å². The average molecular weight is 285 g/mol. The lowest BCUT2D eigenvalue weighted by Crippen LogP contribution is -2.48. The second kappa shape index (κ2) is 7.47. The van der Waals surface area contributed by atoms with Crippen LogP contribution in [0.25, 0.3) is 0 Å². The molecule has 0 aromatic rings. The van der Waals surface area contributed by atoms with Crippen LogP contribution in [-0.2, 0) is 4.79 Å². The summed E-state index contributed by atoms with van der Waals surface area (Å²) in [5, 5.41) is 9.06. The van der Waals surface area contributed by atoms with E-state index in [1.54, 1.807) is 28.8 Å². The molecule has 0 aliphatic carbocycles. The van der Waals surface area contributed by atoms with Crippen LogP contribution in [0.3, 0.4) is 0 Å². The highest BCUT2D eigenvalue weighted by atomic mass is 16.3. The standard InChI is InChI=1S/C14H27N3O3/c1-11(2)17(9-10-18)13(19)12-5-7-16(8-6-12)14(20)15(3)4/h11-12,18H,5-10H2,1-4H3. The van der Waals surface area contributed by atoms with Gasteiger partial charge in [-0.1, -0.05) is 0 Å². The number of aliphatic hydroxyl groups excluding tert-OH is 1. The Kier molecular flexibility index (Phi) is 6.26. The summed E-state index contributed by atoms with van der Waals surface area (Å²) >= 11 is 0. The predicted octanol–water partition coefficient (Wildman–Crippen LogP) is 0.609. The van der Waals surface area contributed by atoms with Crippen LogP contribution in [0, 0.1) is 5.92 Å². The van der Waals surface area contributed by atoms with Crippen molar-refractivity contribution in [1.82, 2.24) is 14.7 Å². The number of carbonyl (C=O) groups is 2. The van der Waals surface area contributed by atoms with E-state index in [0.29, 0.717) is 32.5 Å². The molecule has 1 N–H and O–H groups in total. The first-order valence-electron chi connectivity index (χ1n) is 7.26. The van der Waals surface area contributed by atoms with Gasteiger partial charge < -0.3 is 19.8 Å². The largest absolute Gasteiger partial charge is 0.395 e. The number of rotatable bonds is 4. The Morgan fingerprint density at radius 2 is 1.80 bits per heavy atom. The zero-order chi connectivity index (χ0) is 15.3. The number of likely N-dealkylation sites (tertiary alicyclic amines) is 1. The Bertz CT molecular complexity index is 337. The molecular formula is C14H27N3O3. The highest BCUT2D eigenvalue weighted by Crippen LogP contribution is 2.21. The molecule has 0 atom stereocenters. The number of hydrogen-bond donors (Lipinski definition) is 1. The van der Waals surface area contributed by atoms with E-state index in [4.69, 9.17) is 5.11 Å². The quantitative estimate of drug-likeness (QED) is 0.823. The van der Waals surface area contributed by atoms with Crippen molar-refractivity contribution in [1.29, 1.82) is 0 Å². The van der Waals surface area contributed by atoms with Crippen LogP contribution in [0.2, 0.25) is 0 Å². The SMILES string of the molecule is CC(C)N(CCO)C(=O)C1CCN(C(=O)N(C)C)CC1. The Morgan fingerprint density at radius 3 is 2.20 bits per heavy atom. The van der Waals surface area contributed by atoms with Crippen LogP contribution in [0.4, 0.5) is 4.79 Å². The predicted molar refractivity (Wildman–Crippen MR) is 77.3 cm³/mol. The molecule has 0 unspecified atom stereocenters. The average Bonchev–Trinajstić information content (AvgIpc) is 2.43. The van der Waals surface area contributed by atoms with E-state index in [1.165, 1.54) is 0 Å². The molecule has 116 valence electrons. The van der Waals surface area contributed by atoms with Gasteiger partial charge in [-0.15, -0.1) is 0 Å². The summed E-state index contributed by atoms with van der Waals surface area (Å²) in [6.45, 7) is 5.53. The molecule has 1 fully saturated rings. The molecule has 6 heteroatoms. The summed E-state index contributed by atoms with van der Waals surface area (Å²) in [4.78, 5) is 29.4. The zero-order valence-electron chi connectivity index (χ0n) is 13.0. The van der Waals surface area contributed by atoms with Crippen molar-refractivity contribution in [3.05, 3.63) is 0 Å².